The molecule has 24 heavy (non-hydrogen) atoms. The van der Waals surface area contributed by atoms with Crippen molar-refractivity contribution >= 4 is 6.03 Å². The number of fused-ring (bicyclic) bond motifs is 1. The third-order valence-corrected chi connectivity index (χ3v) is 4.35. The van der Waals surface area contributed by atoms with Crippen molar-refractivity contribution < 1.29 is 9.21 Å². The van der Waals surface area contributed by atoms with Gasteiger partial charge in [0.05, 0.1) is 18.8 Å². The lowest BCUT2D eigenvalue weighted by molar-refractivity contribution is 0.195. The van der Waals surface area contributed by atoms with Crippen molar-refractivity contribution in [3.05, 3.63) is 35.8 Å². The molecule has 0 spiro atoms. The number of rotatable bonds is 6. The molecule has 0 aromatic carbocycles. The normalized spacial score (nSPS) is 14.7. The zero-order chi connectivity index (χ0) is 17.1. The number of aromatic nitrogens is 3. The molecule has 2 amide bonds. The number of hydrogen-bond donors (Lipinski definition) is 1. The smallest absolute Gasteiger partial charge is 0.317 e. The minimum absolute atomic E-state index is 0.00492. The van der Waals surface area contributed by atoms with Crippen LogP contribution in [0.4, 0.5) is 4.79 Å². The van der Waals surface area contributed by atoms with Gasteiger partial charge in [0, 0.05) is 26.6 Å². The first-order valence-electron chi connectivity index (χ1n) is 8.16. The topological polar surface area (TPSA) is 79.4 Å². The van der Waals surface area contributed by atoms with E-state index < -0.39 is 0 Å². The standard InChI is InChI=1S/C16H24N6O2/c1-20(2)12(13-6-5-9-24-13)10-17-16(23)21(3)11-15-19-18-14-7-4-8-22(14)15/h5-6,9,12H,4,7-8,10-11H2,1-3H3,(H,17,23). The largest absolute Gasteiger partial charge is 0.468 e. The highest BCUT2D eigenvalue weighted by molar-refractivity contribution is 5.73. The van der Waals surface area contributed by atoms with Crippen molar-refractivity contribution in [2.75, 3.05) is 27.7 Å². The van der Waals surface area contributed by atoms with Gasteiger partial charge in [-0.3, -0.25) is 4.90 Å². The fourth-order valence-electron chi connectivity index (χ4n) is 2.95. The van der Waals surface area contributed by atoms with E-state index in [1.54, 1.807) is 18.2 Å². The minimum Gasteiger partial charge on any atom is -0.468 e. The maximum atomic E-state index is 12.4. The monoisotopic (exact) mass is 332 g/mol. The summed E-state index contributed by atoms with van der Waals surface area (Å²) < 4.78 is 7.56. The van der Waals surface area contributed by atoms with Crippen molar-refractivity contribution in [3.8, 4) is 0 Å². The highest BCUT2D eigenvalue weighted by Crippen LogP contribution is 2.18. The molecule has 1 N–H and O–H groups in total. The maximum absolute atomic E-state index is 12.4. The number of aryl methyl sites for hydroxylation is 1. The first-order valence-corrected chi connectivity index (χ1v) is 8.16. The average Bonchev–Trinajstić information content (AvgIpc) is 3.26. The van der Waals surface area contributed by atoms with E-state index in [1.165, 1.54) is 0 Å². The summed E-state index contributed by atoms with van der Waals surface area (Å²) in [7, 11) is 5.69. The first kappa shape index (κ1) is 16.5. The van der Waals surface area contributed by atoms with Crippen LogP contribution in [-0.2, 0) is 19.5 Å². The van der Waals surface area contributed by atoms with Gasteiger partial charge in [-0.05, 0) is 32.6 Å². The van der Waals surface area contributed by atoms with E-state index in [0.29, 0.717) is 13.1 Å². The lowest BCUT2D eigenvalue weighted by atomic mass is 10.2. The predicted molar refractivity (Wildman–Crippen MR) is 88.3 cm³/mol. The number of nitrogens with zero attached hydrogens (tertiary/aromatic N) is 5. The second-order valence-electron chi connectivity index (χ2n) is 6.32. The Morgan fingerprint density at radius 2 is 2.25 bits per heavy atom. The summed E-state index contributed by atoms with van der Waals surface area (Å²) in [6.07, 6.45) is 3.71. The van der Waals surface area contributed by atoms with Gasteiger partial charge in [-0.2, -0.15) is 0 Å². The predicted octanol–water partition coefficient (Wildman–Crippen LogP) is 1.26. The van der Waals surface area contributed by atoms with Crippen LogP contribution < -0.4 is 5.32 Å². The zero-order valence-electron chi connectivity index (χ0n) is 14.4. The Hall–Kier alpha value is -2.35. The second-order valence-corrected chi connectivity index (χ2v) is 6.32. The van der Waals surface area contributed by atoms with E-state index in [-0.39, 0.29) is 12.1 Å². The third kappa shape index (κ3) is 3.43. The van der Waals surface area contributed by atoms with Crippen molar-refractivity contribution in [2.45, 2.75) is 32.0 Å². The number of urea groups is 1. The summed E-state index contributed by atoms with van der Waals surface area (Å²) in [4.78, 5) is 16.0. The number of furan rings is 1. The molecule has 1 aliphatic heterocycles. The summed E-state index contributed by atoms with van der Waals surface area (Å²) in [5.74, 6) is 2.69. The number of amides is 2. The molecule has 0 saturated carbocycles. The number of nitrogens with one attached hydrogen (secondary N) is 1. The van der Waals surface area contributed by atoms with Gasteiger partial charge in [0.25, 0.3) is 0 Å². The molecule has 0 aliphatic carbocycles. The van der Waals surface area contributed by atoms with E-state index >= 15 is 0 Å². The van der Waals surface area contributed by atoms with Crippen LogP contribution in [0.2, 0.25) is 0 Å². The lowest BCUT2D eigenvalue weighted by Crippen LogP contribution is -2.41. The molecule has 1 unspecified atom stereocenters. The molecular weight excluding hydrogens is 308 g/mol. The van der Waals surface area contributed by atoms with Crippen LogP contribution in [0.25, 0.3) is 0 Å². The molecule has 8 heteroatoms. The molecule has 0 saturated heterocycles. The van der Waals surface area contributed by atoms with Gasteiger partial charge in [0.15, 0.2) is 5.82 Å². The van der Waals surface area contributed by atoms with Gasteiger partial charge >= 0.3 is 6.03 Å². The van der Waals surface area contributed by atoms with Crippen LogP contribution in [0.5, 0.6) is 0 Å². The Morgan fingerprint density at radius 1 is 1.42 bits per heavy atom. The summed E-state index contributed by atoms with van der Waals surface area (Å²) in [5.41, 5.74) is 0. The molecule has 0 radical (unpaired) electrons. The second kappa shape index (κ2) is 7.04. The van der Waals surface area contributed by atoms with Gasteiger partial charge in [0.1, 0.15) is 11.6 Å². The van der Waals surface area contributed by atoms with E-state index in [2.05, 4.69) is 20.1 Å². The summed E-state index contributed by atoms with van der Waals surface area (Å²) >= 11 is 0. The van der Waals surface area contributed by atoms with E-state index in [1.807, 2.05) is 31.1 Å². The molecule has 2 aromatic heterocycles. The van der Waals surface area contributed by atoms with Crippen molar-refractivity contribution in [3.63, 3.8) is 0 Å². The molecule has 2 aromatic rings. The van der Waals surface area contributed by atoms with E-state index in [0.717, 1.165) is 36.8 Å². The number of likely N-dealkylation sites (N-methyl/N-ethyl adjacent to an activating group) is 1. The van der Waals surface area contributed by atoms with Gasteiger partial charge in [-0.15, -0.1) is 10.2 Å². The molecule has 0 fully saturated rings. The minimum atomic E-state index is -0.135. The van der Waals surface area contributed by atoms with Crippen LogP contribution >= 0.6 is 0 Å². The van der Waals surface area contributed by atoms with Gasteiger partial charge < -0.3 is 19.2 Å². The maximum Gasteiger partial charge on any atom is 0.317 e. The molecule has 3 heterocycles. The molecule has 3 rings (SSSR count). The highest BCUT2D eigenvalue weighted by Gasteiger charge is 2.22. The quantitative estimate of drug-likeness (QED) is 0.861. The van der Waals surface area contributed by atoms with E-state index in [9.17, 15) is 4.79 Å². The number of carbonyl (C=O) groups is 1. The Balaban J connectivity index is 1.56. The third-order valence-electron chi connectivity index (χ3n) is 4.35. The average molecular weight is 332 g/mol. The number of hydrogen-bond acceptors (Lipinski definition) is 5. The molecule has 130 valence electrons. The first-order chi connectivity index (χ1) is 11.6. The van der Waals surface area contributed by atoms with Crippen LogP contribution in [0.1, 0.15) is 29.9 Å². The van der Waals surface area contributed by atoms with E-state index in [4.69, 9.17) is 4.42 Å². The van der Waals surface area contributed by atoms with Gasteiger partial charge in [-0.1, -0.05) is 0 Å². The summed E-state index contributed by atoms with van der Waals surface area (Å²) in [6.45, 7) is 1.86. The molecular formula is C16H24N6O2. The number of carbonyl (C=O) groups excluding carboxylic acids is 1. The zero-order valence-corrected chi connectivity index (χ0v) is 14.4. The van der Waals surface area contributed by atoms with Crippen LogP contribution in [-0.4, -0.2) is 58.3 Å². The Kier molecular flexibility index (Phi) is 4.84. The Labute approximate surface area is 141 Å². The fourth-order valence-corrected chi connectivity index (χ4v) is 2.95. The lowest BCUT2D eigenvalue weighted by Gasteiger charge is -2.24. The molecule has 1 atom stereocenters. The van der Waals surface area contributed by atoms with Crippen molar-refractivity contribution in [1.82, 2.24) is 29.9 Å². The van der Waals surface area contributed by atoms with Crippen molar-refractivity contribution in [1.29, 1.82) is 0 Å². The fraction of sp³-hybridized carbons (Fsp3) is 0.562. The van der Waals surface area contributed by atoms with Gasteiger partial charge in [-0.25, -0.2) is 4.79 Å². The SMILES string of the molecule is CN(Cc1nnc2n1CCC2)C(=O)NCC(c1ccco1)N(C)C. The van der Waals surface area contributed by atoms with Crippen molar-refractivity contribution in [2.24, 2.45) is 0 Å². The molecule has 8 nitrogen and oxygen atoms in total. The Bertz CT molecular complexity index is 679. The Morgan fingerprint density at radius 3 is 2.96 bits per heavy atom. The van der Waals surface area contributed by atoms with Crippen LogP contribution in [0.3, 0.4) is 0 Å². The van der Waals surface area contributed by atoms with Crippen LogP contribution in [0, 0.1) is 0 Å². The summed E-state index contributed by atoms with van der Waals surface area (Å²) in [6, 6.07) is 3.63. The molecule has 1 aliphatic rings. The summed E-state index contributed by atoms with van der Waals surface area (Å²) in [5, 5.41) is 11.3. The van der Waals surface area contributed by atoms with Gasteiger partial charge in [0.2, 0.25) is 0 Å². The highest BCUT2D eigenvalue weighted by atomic mass is 16.3. The van der Waals surface area contributed by atoms with Crippen LogP contribution in [0.15, 0.2) is 22.8 Å². The molecule has 0 bridgehead atoms.